The molecule has 0 spiro atoms. The van der Waals surface area contributed by atoms with Gasteiger partial charge in [0.05, 0.1) is 5.69 Å². The molecule has 184 valence electrons. The number of aromatic nitrogens is 4. The number of hydrogen-bond acceptors (Lipinski definition) is 9. The molecule has 36 heavy (non-hydrogen) atoms. The molecule has 0 aliphatic rings. The van der Waals surface area contributed by atoms with Crippen molar-refractivity contribution in [3.8, 4) is 17.2 Å². The number of H-pyrrole nitrogens is 1. The van der Waals surface area contributed by atoms with Crippen molar-refractivity contribution in [2.45, 2.75) is 6.36 Å². The molecule has 4 aromatic rings. The lowest BCUT2D eigenvalue weighted by Crippen LogP contribution is -2.20. The molecule has 0 unspecified atom stereocenters. The number of carbonyl (C=O) groups excluding carboxylic acids is 2. The van der Waals surface area contributed by atoms with Gasteiger partial charge in [-0.2, -0.15) is 10.1 Å². The number of rotatable bonds is 7. The van der Waals surface area contributed by atoms with Crippen LogP contribution in [0.25, 0.3) is 0 Å². The lowest BCUT2D eigenvalue weighted by Gasteiger charge is -2.24. The Morgan fingerprint density at radius 3 is 2.39 bits per heavy atom. The van der Waals surface area contributed by atoms with E-state index in [9.17, 15) is 22.8 Å². The standard InChI is InChI=1S/C22H15F3N6O5/c23-22(24,25)36-18-4-2-1-3-17(18)31(21-28-12-29-30-21)13-5-7-14(8-6-13)34-15-9-10-27-16(11-15)19(32)35-20(26)33/h1-12H,(H2,26,33)(H,28,29,30). The predicted octanol–water partition coefficient (Wildman–Crippen LogP) is 4.60. The molecule has 11 nitrogen and oxygen atoms in total. The second kappa shape index (κ2) is 10.0. The highest BCUT2D eigenvalue weighted by atomic mass is 19.4. The van der Waals surface area contributed by atoms with E-state index in [4.69, 9.17) is 10.5 Å². The summed E-state index contributed by atoms with van der Waals surface area (Å²) in [6.07, 6.45) is -3.71. The first-order valence-corrected chi connectivity index (χ1v) is 9.95. The summed E-state index contributed by atoms with van der Waals surface area (Å²) >= 11 is 0. The Morgan fingerprint density at radius 1 is 0.972 bits per heavy atom. The summed E-state index contributed by atoms with van der Waals surface area (Å²) < 4.78 is 53.1. The van der Waals surface area contributed by atoms with Crippen LogP contribution in [0.3, 0.4) is 0 Å². The number of nitrogens with one attached hydrogen (secondary N) is 1. The molecule has 0 saturated heterocycles. The van der Waals surface area contributed by atoms with Gasteiger partial charge in [0.15, 0.2) is 11.4 Å². The van der Waals surface area contributed by atoms with E-state index in [1.807, 2.05) is 0 Å². The Balaban J connectivity index is 1.62. The first-order valence-electron chi connectivity index (χ1n) is 9.95. The lowest BCUT2D eigenvalue weighted by atomic mass is 10.2. The van der Waals surface area contributed by atoms with Crippen molar-refractivity contribution >= 4 is 29.4 Å². The van der Waals surface area contributed by atoms with E-state index in [1.165, 1.54) is 59.9 Å². The fourth-order valence-electron chi connectivity index (χ4n) is 3.06. The number of amides is 1. The predicted molar refractivity (Wildman–Crippen MR) is 117 cm³/mol. The van der Waals surface area contributed by atoms with Crippen molar-refractivity contribution < 1.29 is 37.0 Å². The van der Waals surface area contributed by atoms with E-state index in [1.54, 1.807) is 18.2 Å². The highest BCUT2D eigenvalue weighted by Crippen LogP contribution is 2.40. The average Bonchev–Trinajstić information content (AvgIpc) is 3.35. The number of hydrogen-bond donors (Lipinski definition) is 2. The minimum Gasteiger partial charge on any atom is -0.457 e. The lowest BCUT2D eigenvalue weighted by molar-refractivity contribution is -0.274. The number of esters is 1. The highest BCUT2D eigenvalue weighted by molar-refractivity contribution is 5.94. The SMILES string of the molecule is NC(=O)OC(=O)c1cc(Oc2ccc(N(c3ncn[nH]3)c3ccccc3OC(F)(F)F)cc2)ccn1. The highest BCUT2D eigenvalue weighted by Gasteiger charge is 2.33. The van der Waals surface area contributed by atoms with Gasteiger partial charge in [-0.15, -0.1) is 13.2 Å². The summed E-state index contributed by atoms with van der Waals surface area (Å²) in [5.74, 6) is -0.852. The number of para-hydroxylation sites is 2. The molecule has 2 aromatic heterocycles. The molecule has 0 radical (unpaired) electrons. The van der Waals surface area contributed by atoms with Crippen molar-refractivity contribution in [3.63, 3.8) is 0 Å². The second-order valence-corrected chi connectivity index (χ2v) is 6.84. The van der Waals surface area contributed by atoms with Crippen molar-refractivity contribution in [2.75, 3.05) is 4.90 Å². The molecule has 4 rings (SSSR count). The molecular weight excluding hydrogens is 485 g/mol. The first-order chi connectivity index (χ1) is 17.2. The summed E-state index contributed by atoms with van der Waals surface area (Å²) in [4.78, 5) is 31.8. The zero-order valence-corrected chi connectivity index (χ0v) is 18.0. The fourth-order valence-corrected chi connectivity index (χ4v) is 3.06. The molecule has 2 heterocycles. The maximum atomic E-state index is 13.0. The number of alkyl halides is 3. The molecule has 0 aliphatic heterocycles. The van der Waals surface area contributed by atoms with Crippen LogP contribution in [0, 0.1) is 0 Å². The summed E-state index contributed by atoms with van der Waals surface area (Å²) in [7, 11) is 0. The molecule has 0 saturated carbocycles. The van der Waals surface area contributed by atoms with Gasteiger partial charge in [-0.25, -0.2) is 19.7 Å². The normalized spacial score (nSPS) is 11.0. The Kier molecular flexibility index (Phi) is 6.67. The Labute approximate surface area is 200 Å². The Bertz CT molecular complexity index is 1360. The fraction of sp³-hybridized carbons (Fsp3) is 0.0455. The van der Waals surface area contributed by atoms with Gasteiger partial charge in [0, 0.05) is 18.0 Å². The molecule has 0 fully saturated rings. The summed E-state index contributed by atoms with van der Waals surface area (Å²) in [6.45, 7) is 0. The number of pyridine rings is 1. The third-order valence-corrected chi connectivity index (χ3v) is 4.41. The molecule has 0 aliphatic carbocycles. The third kappa shape index (κ3) is 5.85. The molecule has 0 bridgehead atoms. The Hall–Kier alpha value is -5.14. The first kappa shape index (κ1) is 24.0. The number of primary amides is 1. The van der Waals surface area contributed by atoms with E-state index < -0.39 is 24.2 Å². The zero-order chi connectivity index (χ0) is 25.7. The summed E-state index contributed by atoms with van der Waals surface area (Å²) in [6, 6.07) is 14.4. The van der Waals surface area contributed by atoms with Gasteiger partial charge in [0.25, 0.3) is 0 Å². The van der Waals surface area contributed by atoms with Crippen LogP contribution in [0.15, 0.2) is 73.2 Å². The third-order valence-electron chi connectivity index (χ3n) is 4.41. The smallest absolute Gasteiger partial charge is 0.457 e. The van der Waals surface area contributed by atoms with Gasteiger partial charge in [-0.05, 0) is 42.5 Å². The number of nitrogens with zero attached hydrogens (tertiary/aromatic N) is 4. The monoisotopic (exact) mass is 500 g/mol. The largest absolute Gasteiger partial charge is 0.573 e. The van der Waals surface area contributed by atoms with Crippen LogP contribution in [0.5, 0.6) is 17.2 Å². The van der Waals surface area contributed by atoms with Crippen LogP contribution >= 0.6 is 0 Å². The molecule has 3 N–H and O–H groups in total. The van der Waals surface area contributed by atoms with E-state index in [0.717, 1.165) is 0 Å². The number of anilines is 3. The summed E-state index contributed by atoms with van der Waals surface area (Å²) in [5.41, 5.74) is 5.07. The van der Waals surface area contributed by atoms with Gasteiger partial charge in [-0.3, -0.25) is 4.90 Å². The molecule has 2 aromatic carbocycles. The van der Waals surface area contributed by atoms with Crippen molar-refractivity contribution in [2.24, 2.45) is 5.73 Å². The van der Waals surface area contributed by atoms with E-state index in [-0.39, 0.29) is 23.1 Å². The van der Waals surface area contributed by atoms with Crippen LogP contribution in [0.1, 0.15) is 10.5 Å². The van der Waals surface area contributed by atoms with Gasteiger partial charge in [0.2, 0.25) is 5.95 Å². The quantitative estimate of drug-likeness (QED) is 0.275. The van der Waals surface area contributed by atoms with E-state index in [0.29, 0.717) is 11.4 Å². The number of carbonyl (C=O) groups is 2. The van der Waals surface area contributed by atoms with Gasteiger partial charge >= 0.3 is 18.4 Å². The molecule has 14 heteroatoms. The Morgan fingerprint density at radius 2 is 1.72 bits per heavy atom. The van der Waals surface area contributed by atoms with Crippen LogP contribution in [-0.2, 0) is 4.74 Å². The van der Waals surface area contributed by atoms with Gasteiger partial charge in [0.1, 0.15) is 17.8 Å². The minimum absolute atomic E-state index is 0.0481. The van der Waals surface area contributed by atoms with Crippen LogP contribution in [0.4, 0.5) is 35.3 Å². The van der Waals surface area contributed by atoms with Crippen LogP contribution in [-0.4, -0.2) is 38.6 Å². The number of nitrogens with two attached hydrogens (primary N) is 1. The minimum atomic E-state index is -4.91. The topological polar surface area (TPSA) is 146 Å². The maximum absolute atomic E-state index is 13.0. The van der Waals surface area contributed by atoms with Crippen LogP contribution in [0.2, 0.25) is 0 Å². The van der Waals surface area contributed by atoms with E-state index in [2.05, 4.69) is 29.6 Å². The molecular formula is C22H15F3N6O5. The van der Waals surface area contributed by atoms with E-state index >= 15 is 0 Å². The number of benzene rings is 2. The maximum Gasteiger partial charge on any atom is 0.573 e. The average molecular weight is 500 g/mol. The van der Waals surface area contributed by atoms with Crippen molar-refractivity contribution in [1.29, 1.82) is 0 Å². The second-order valence-electron chi connectivity index (χ2n) is 6.84. The molecule has 0 atom stereocenters. The van der Waals surface area contributed by atoms with Gasteiger partial charge in [-0.1, -0.05) is 12.1 Å². The number of ether oxygens (including phenoxy) is 3. The number of halogens is 3. The van der Waals surface area contributed by atoms with Gasteiger partial charge < -0.3 is 19.9 Å². The van der Waals surface area contributed by atoms with Crippen molar-refractivity contribution in [3.05, 3.63) is 78.9 Å². The van der Waals surface area contributed by atoms with Crippen molar-refractivity contribution in [1.82, 2.24) is 20.2 Å². The number of aromatic amines is 1. The molecule has 1 amide bonds. The summed E-state index contributed by atoms with van der Waals surface area (Å²) in [5, 5.41) is 6.40. The van der Waals surface area contributed by atoms with Crippen LogP contribution < -0.4 is 20.1 Å². The zero-order valence-electron chi connectivity index (χ0n) is 18.0.